The molecule has 2 nitrogen and oxygen atoms in total. The van der Waals surface area contributed by atoms with Crippen LogP contribution >= 0.6 is 15.9 Å². The van der Waals surface area contributed by atoms with Crippen molar-refractivity contribution in [1.29, 1.82) is 0 Å². The minimum absolute atomic E-state index is 0.877. The van der Waals surface area contributed by atoms with Gasteiger partial charge in [-0.25, -0.2) is 0 Å². The molecule has 110 valence electrons. The summed E-state index contributed by atoms with van der Waals surface area (Å²) in [4.78, 5) is 2.74. The summed E-state index contributed by atoms with van der Waals surface area (Å²) in [5.74, 6) is 0.989. The predicted octanol–water partition coefficient (Wildman–Crippen LogP) is 4.52. The van der Waals surface area contributed by atoms with Gasteiger partial charge in [0.05, 0.1) is 0 Å². The van der Waals surface area contributed by atoms with Crippen LogP contribution in [0.5, 0.6) is 0 Å². The van der Waals surface area contributed by atoms with Crippen LogP contribution in [0.4, 0.5) is 5.69 Å². The third kappa shape index (κ3) is 3.56. The molecule has 3 rings (SSSR count). The lowest BCUT2D eigenvalue weighted by atomic mass is 9.96. The van der Waals surface area contributed by atoms with E-state index in [1.807, 2.05) is 0 Å². The number of rotatable bonds is 5. The summed E-state index contributed by atoms with van der Waals surface area (Å²) in [5.41, 5.74) is 1.22. The van der Waals surface area contributed by atoms with Gasteiger partial charge in [0.1, 0.15) is 0 Å². The number of nitrogens with one attached hydrogen (secondary N) is 1. The van der Waals surface area contributed by atoms with E-state index in [2.05, 4.69) is 50.4 Å². The van der Waals surface area contributed by atoms with Gasteiger partial charge in [-0.2, -0.15) is 0 Å². The largest absolute Gasteiger partial charge is 0.384 e. The molecule has 3 heteroatoms. The van der Waals surface area contributed by atoms with Crippen LogP contribution in [0, 0.1) is 5.92 Å². The first-order chi connectivity index (χ1) is 9.83. The van der Waals surface area contributed by atoms with Crippen LogP contribution in [0.1, 0.15) is 38.5 Å². The van der Waals surface area contributed by atoms with Crippen LogP contribution in [0.25, 0.3) is 0 Å². The Balaban J connectivity index is 1.47. The van der Waals surface area contributed by atoms with Gasteiger partial charge >= 0.3 is 0 Å². The highest BCUT2D eigenvalue weighted by atomic mass is 79.9. The van der Waals surface area contributed by atoms with E-state index in [9.17, 15) is 0 Å². The highest BCUT2D eigenvalue weighted by molar-refractivity contribution is 9.10. The van der Waals surface area contributed by atoms with E-state index in [-0.39, 0.29) is 0 Å². The van der Waals surface area contributed by atoms with E-state index >= 15 is 0 Å². The predicted molar refractivity (Wildman–Crippen MR) is 89.2 cm³/mol. The SMILES string of the molecule is Brc1cccc(NCCN2CCCC2C2CCCC2)c1. The minimum Gasteiger partial charge on any atom is -0.384 e. The average molecular weight is 337 g/mol. The second kappa shape index (κ2) is 6.95. The maximum Gasteiger partial charge on any atom is 0.0351 e. The summed E-state index contributed by atoms with van der Waals surface area (Å²) in [7, 11) is 0. The third-order valence-electron chi connectivity index (χ3n) is 4.91. The van der Waals surface area contributed by atoms with Crippen LogP contribution in [-0.2, 0) is 0 Å². The monoisotopic (exact) mass is 336 g/mol. The molecule has 0 amide bonds. The molecule has 2 fully saturated rings. The number of hydrogen-bond acceptors (Lipinski definition) is 2. The van der Waals surface area contributed by atoms with Crippen LogP contribution in [0.2, 0.25) is 0 Å². The van der Waals surface area contributed by atoms with Gasteiger partial charge < -0.3 is 5.32 Å². The molecule has 0 spiro atoms. The Hall–Kier alpha value is -0.540. The highest BCUT2D eigenvalue weighted by Crippen LogP contribution is 2.35. The van der Waals surface area contributed by atoms with Crippen LogP contribution in [0.3, 0.4) is 0 Å². The van der Waals surface area contributed by atoms with Crippen molar-refractivity contribution < 1.29 is 0 Å². The Labute approximate surface area is 131 Å². The smallest absolute Gasteiger partial charge is 0.0351 e. The van der Waals surface area contributed by atoms with Crippen LogP contribution in [0.15, 0.2) is 28.7 Å². The molecule has 1 aliphatic carbocycles. The fourth-order valence-electron chi connectivity index (χ4n) is 3.95. The summed E-state index contributed by atoms with van der Waals surface area (Å²) < 4.78 is 1.15. The molecule has 2 aliphatic rings. The standard InChI is InChI=1S/C17H25BrN2/c18-15-7-3-8-16(13-15)19-10-12-20-11-4-9-17(20)14-5-1-2-6-14/h3,7-8,13-14,17,19H,1-2,4-6,9-12H2. The normalized spacial score (nSPS) is 24.4. The van der Waals surface area contributed by atoms with Crippen molar-refractivity contribution in [1.82, 2.24) is 4.90 Å². The molecule has 1 aliphatic heterocycles. The van der Waals surface area contributed by atoms with E-state index in [1.165, 1.54) is 57.3 Å². The average Bonchev–Trinajstić information content (AvgIpc) is 3.09. The molecular weight excluding hydrogens is 312 g/mol. The van der Waals surface area contributed by atoms with Crippen molar-refractivity contribution >= 4 is 21.6 Å². The first-order valence-corrected chi connectivity index (χ1v) is 8.86. The summed E-state index contributed by atoms with van der Waals surface area (Å²) in [6.45, 7) is 3.55. The van der Waals surface area contributed by atoms with Crippen molar-refractivity contribution in [3.05, 3.63) is 28.7 Å². The Morgan fingerprint density at radius 2 is 2.00 bits per heavy atom. The lowest BCUT2D eigenvalue weighted by Crippen LogP contribution is -2.37. The van der Waals surface area contributed by atoms with E-state index in [0.29, 0.717) is 0 Å². The number of nitrogens with zero attached hydrogens (tertiary/aromatic N) is 1. The number of hydrogen-bond donors (Lipinski definition) is 1. The lowest BCUT2D eigenvalue weighted by Gasteiger charge is -2.29. The molecule has 1 aromatic carbocycles. The molecule has 0 radical (unpaired) electrons. The molecule has 1 saturated carbocycles. The van der Waals surface area contributed by atoms with Crippen molar-refractivity contribution in [3.8, 4) is 0 Å². The summed E-state index contributed by atoms with van der Waals surface area (Å²) in [5, 5.41) is 3.55. The fraction of sp³-hybridized carbons (Fsp3) is 0.647. The number of halogens is 1. The first-order valence-electron chi connectivity index (χ1n) is 8.06. The topological polar surface area (TPSA) is 15.3 Å². The number of anilines is 1. The Bertz CT molecular complexity index is 429. The lowest BCUT2D eigenvalue weighted by molar-refractivity contribution is 0.197. The van der Waals surface area contributed by atoms with E-state index in [0.717, 1.165) is 23.0 Å². The number of benzene rings is 1. The molecule has 0 bridgehead atoms. The van der Waals surface area contributed by atoms with Gasteiger partial charge in [0.25, 0.3) is 0 Å². The van der Waals surface area contributed by atoms with Gasteiger partial charge in [-0.1, -0.05) is 34.8 Å². The van der Waals surface area contributed by atoms with Crippen LogP contribution in [-0.4, -0.2) is 30.6 Å². The Morgan fingerprint density at radius 1 is 1.15 bits per heavy atom. The van der Waals surface area contributed by atoms with Gasteiger partial charge in [0, 0.05) is 29.3 Å². The molecular formula is C17H25BrN2. The number of likely N-dealkylation sites (tertiary alicyclic amines) is 1. The van der Waals surface area contributed by atoms with Crippen molar-refractivity contribution in [2.45, 2.75) is 44.6 Å². The van der Waals surface area contributed by atoms with Crippen molar-refractivity contribution in [3.63, 3.8) is 0 Å². The van der Waals surface area contributed by atoms with Crippen molar-refractivity contribution in [2.24, 2.45) is 5.92 Å². The summed E-state index contributed by atoms with van der Waals surface area (Å²) in [6, 6.07) is 9.33. The Kier molecular flexibility index (Phi) is 5.00. The second-order valence-corrected chi connectivity index (χ2v) is 7.14. The molecule has 20 heavy (non-hydrogen) atoms. The van der Waals surface area contributed by atoms with Gasteiger partial charge in [0.15, 0.2) is 0 Å². The highest BCUT2D eigenvalue weighted by Gasteiger charge is 2.32. The quantitative estimate of drug-likeness (QED) is 0.850. The molecule has 1 aromatic rings. The van der Waals surface area contributed by atoms with Crippen LogP contribution < -0.4 is 5.32 Å². The zero-order valence-corrected chi connectivity index (χ0v) is 13.7. The van der Waals surface area contributed by atoms with Gasteiger partial charge in [-0.15, -0.1) is 0 Å². The zero-order valence-electron chi connectivity index (χ0n) is 12.2. The fourth-order valence-corrected chi connectivity index (χ4v) is 4.35. The first kappa shape index (κ1) is 14.4. The molecule has 1 atom stereocenters. The molecule has 0 aromatic heterocycles. The summed E-state index contributed by atoms with van der Waals surface area (Å²) in [6.07, 6.45) is 8.71. The molecule has 1 heterocycles. The second-order valence-electron chi connectivity index (χ2n) is 6.23. The molecule has 1 saturated heterocycles. The Morgan fingerprint density at radius 3 is 2.80 bits per heavy atom. The van der Waals surface area contributed by atoms with Gasteiger partial charge in [-0.05, 0) is 56.3 Å². The van der Waals surface area contributed by atoms with Gasteiger partial charge in [0.2, 0.25) is 0 Å². The van der Waals surface area contributed by atoms with E-state index in [1.54, 1.807) is 0 Å². The maximum absolute atomic E-state index is 3.55. The summed E-state index contributed by atoms with van der Waals surface area (Å²) >= 11 is 3.52. The van der Waals surface area contributed by atoms with E-state index < -0.39 is 0 Å². The minimum atomic E-state index is 0.877. The zero-order chi connectivity index (χ0) is 13.8. The van der Waals surface area contributed by atoms with E-state index in [4.69, 9.17) is 0 Å². The van der Waals surface area contributed by atoms with Crippen molar-refractivity contribution in [2.75, 3.05) is 25.0 Å². The molecule has 1 unspecified atom stereocenters. The maximum atomic E-state index is 3.55. The van der Waals surface area contributed by atoms with Gasteiger partial charge in [-0.3, -0.25) is 4.90 Å². The molecule has 1 N–H and O–H groups in total. The third-order valence-corrected chi connectivity index (χ3v) is 5.40.